The van der Waals surface area contributed by atoms with Crippen LogP contribution >= 0.6 is 11.3 Å². The highest BCUT2D eigenvalue weighted by molar-refractivity contribution is 7.21. The maximum absolute atomic E-state index is 12.7. The number of carbonyl (C=O) groups excluding carboxylic acids is 1. The van der Waals surface area contributed by atoms with E-state index in [0.29, 0.717) is 10.6 Å². The Labute approximate surface area is 124 Å². The second kappa shape index (κ2) is 5.83. The average molecular weight is 290 g/mol. The van der Waals surface area contributed by atoms with Crippen molar-refractivity contribution in [2.24, 2.45) is 0 Å². The van der Waals surface area contributed by atoms with Gasteiger partial charge in [0.25, 0.3) is 5.91 Å². The number of carbonyl (C=O) groups is 1. The molecule has 0 saturated heterocycles. The Balaban J connectivity index is 2.49. The summed E-state index contributed by atoms with van der Waals surface area (Å²) in [7, 11) is 0. The first-order chi connectivity index (χ1) is 9.47. The summed E-state index contributed by atoms with van der Waals surface area (Å²) in [5.74, 6) is 0.0555. The van der Waals surface area contributed by atoms with E-state index in [1.807, 2.05) is 30.9 Å². The second-order valence-electron chi connectivity index (χ2n) is 5.39. The minimum absolute atomic E-state index is 0.0555. The lowest BCUT2D eigenvalue weighted by molar-refractivity contribution is 0.0712. The quantitative estimate of drug-likeness (QED) is 0.923. The molecule has 2 N–H and O–H groups in total. The molecule has 0 aliphatic rings. The first kappa shape index (κ1) is 14.9. The van der Waals surface area contributed by atoms with Gasteiger partial charge in [0.1, 0.15) is 4.88 Å². The largest absolute Gasteiger partial charge is 0.397 e. The number of thiophene rings is 1. The second-order valence-corrected chi connectivity index (χ2v) is 6.41. The van der Waals surface area contributed by atoms with Crippen LogP contribution in [0.5, 0.6) is 0 Å². The van der Waals surface area contributed by atoms with E-state index in [1.165, 1.54) is 16.9 Å². The Morgan fingerprint density at radius 2 is 2.10 bits per heavy atom. The topological polar surface area (TPSA) is 46.3 Å². The molecule has 0 aliphatic heterocycles. The number of nitrogen functional groups attached to an aromatic ring is 1. The van der Waals surface area contributed by atoms with Crippen LogP contribution in [0.3, 0.4) is 0 Å². The van der Waals surface area contributed by atoms with Gasteiger partial charge >= 0.3 is 0 Å². The van der Waals surface area contributed by atoms with Gasteiger partial charge in [0.05, 0.1) is 5.69 Å². The molecule has 2 rings (SSSR count). The first-order valence-corrected chi connectivity index (χ1v) is 7.87. The van der Waals surface area contributed by atoms with Crippen molar-refractivity contribution in [2.75, 3.05) is 12.3 Å². The standard InChI is InChI=1S/C16H22N2OS/c1-5-9-18(10(2)3)16(19)15-13(17)12-8-6-7-11(4)14(12)20-15/h6-8,10H,5,9,17H2,1-4H3. The fourth-order valence-electron chi connectivity index (χ4n) is 2.40. The molecular formula is C16H22N2OS. The Bertz CT molecular complexity index is 631. The van der Waals surface area contributed by atoms with E-state index in [-0.39, 0.29) is 11.9 Å². The van der Waals surface area contributed by atoms with Gasteiger partial charge < -0.3 is 10.6 Å². The third-order valence-electron chi connectivity index (χ3n) is 3.49. The number of benzene rings is 1. The highest BCUT2D eigenvalue weighted by Gasteiger charge is 2.23. The molecule has 3 nitrogen and oxygen atoms in total. The number of amides is 1. The van der Waals surface area contributed by atoms with Crippen molar-refractivity contribution in [3.05, 3.63) is 28.6 Å². The van der Waals surface area contributed by atoms with Gasteiger partial charge in [0.2, 0.25) is 0 Å². The summed E-state index contributed by atoms with van der Waals surface area (Å²) in [5, 5.41) is 0.999. The molecule has 0 spiro atoms. The third kappa shape index (κ3) is 2.52. The molecule has 0 bridgehead atoms. The van der Waals surface area contributed by atoms with Crippen molar-refractivity contribution >= 4 is 33.0 Å². The smallest absolute Gasteiger partial charge is 0.266 e. The third-order valence-corrected chi connectivity index (χ3v) is 4.84. The predicted molar refractivity (Wildman–Crippen MR) is 87.4 cm³/mol. The van der Waals surface area contributed by atoms with Crippen LogP contribution in [0.1, 0.15) is 42.4 Å². The van der Waals surface area contributed by atoms with Gasteiger partial charge in [-0.1, -0.05) is 25.1 Å². The van der Waals surface area contributed by atoms with E-state index in [9.17, 15) is 4.79 Å². The molecule has 0 fully saturated rings. The Hall–Kier alpha value is -1.55. The van der Waals surface area contributed by atoms with Crippen LogP contribution in [0.2, 0.25) is 0 Å². The summed E-state index contributed by atoms with van der Waals surface area (Å²) in [6, 6.07) is 6.22. The SMILES string of the molecule is CCCN(C(=O)c1sc2c(C)cccc2c1N)C(C)C. The lowest BCUT2D eigenvalue weighted by Crippen LogP contribution is -2.37. The Kier molecular flexibility index (Phi) is 4.33. The maximum Gasteiger partial charge on any atom is 0.266 e. The highest BCUT2D eigenvalue weighted by Crippen LogP contribution is 2.36. The number of fused-ring (bicyclic) bond motifs is 1. The van der Waals surface area contributed by atoms with Gasteiger partial charge in [0, 0.05) is 22.7 Å². The van der Waals surface area contributed by atoms with E-state index >= 15 is 0 Å². The van der Waals surface area contributed by atoms with E-state index in [4.69, 9.17) is 5.73 Å². The predicted octanol–water partition coefficient (Wildman–Crippen LogP) is 4.05. The number of nitrogens with zero attached hydrogens (tertiary/aromatic N) is 1. The van der Waals surface area contributed by atoms with Crippen molar-refractivity contribution in [1.29, 1.82) is 0 Å². The van der Waals surface area contributed by atoms with Gasteiger partial charge in [-0.25, -0.2) is 0 Å². The summed E-state index contributed by atoms with van der Waals surface area (Å²) in [6.07, 6.45) is 0.952. The van der Waals surface area contributed by atoms with Gasteiger partial charge in [0.15, 0.2) is 0 Å². The minimum Gasteiger partial charge on any atom is -0.397 e. The van der Waals surface area contributed by atoms with Crippen LogP contribution < -0.4 is 5.73 Å². The zero-order valence-corrected chi connectivity index (χ0v) is 13.4. The lowest BCUT2D eigenvalue weighted by Gasteiger charge is -2.25. The van der Waals surface area contributed by atoms with Crippen LogP contribution in [-0.4, -0.2) is 23.4 Å². The van der Waals surface area contributed by atoms with Crippen LogP contribution in [0.25, 0.3) is 10.1 Å². The lowest BCUT2D eigenvalue weighted by atomic mass is 10.1. The van der Waals surface area contributed by atoms with Crippen LogP contribution in [-0.2, 0) is 0 Å². The Morgan fingerprint density at radius 1 is 1.40 bits per heavy atom. The fourth-order valence-corrected chi connectivity index (χ4v) is 3.55. The van der Waals surface area contributed by atoms with E-state index in [0.717, 1.165) is 23.1 Å². The van der Waals surface area contributed by atoms with Crippen molar-refractivity contribution in [3.8, 4) is 0 Å². The molecule has 0 radical (unpaired) electrons. The normalized spacial score (nSPS) is 11.2. The fraction of sp³-hybridized carbons (Fsp3) is 0.438. The van der Waals surface area contributed by atoms with Crippen molar-refractivity contribution in [1.82, 2.24) is 4.90 Å². The highest BCUT2D eigenvalue weighted by atomic mass is 32.1. The molecule has 0 atom stereocenters. The molecular weight excluding hydrogens is 268 g/mol. The molecule has 108 valence electrons. The van der Waals surface area contributed by atoms with Crippen molar-refractivity contribution in [3.63, 3.8) is 0 Å². The zero-order chi connectivity index (χ0) is 14.9. The molecule has 0 aliphatic carbocycles. The molecule has 1 heterocycles. The van der Waals surface area contributed by atoms with Crippen molar-refractivity contribution in [2.45, 2.75) is 40.2 Å². The van der Waals surface area contributed by atoms with Gasteiger partial charge in [-0.2, -0.15) is 0 Å². The number of anilines is 1. The average Bonchev–Trinajstić information content (AvgIpc) is 2.74. The van der Waals surface area contributed by atoms with Gasteiger partial charge in [-0.15, -0.1) is 11.3 Å². The number of aryl methyl sites for hydroxylation is 1. The molecule has 4 heteroatoms. The van der Waals surface area contributed by atoms with Crippen molar-refractivity contribution < 1.29 is 4.79 Å². The maximum atomic E-state index is 12.7. The monoisotopic (exact) mass is 290 g/mol. The molecule has 0 unspecified atom stereocenters. The van der Waals surface area contributed by atoms with Gasteiger partial charge in [-0.3, -0.25) is 4.79 Å². The molecule has 1 aromatic carbocycles. The molecule has 0 saturated carbocycles. The summed E-state index contributed by atoms with van der Waals surface area (Å²) in [6.45, 7) is 8.99. The molecule has 1 aromatic heterocycles. The van der Waals surface area contributed by atoms with E-state index < -0.39 is 0 Å². The zero-order valence-electron chi connectivity index (χ0n) is 12.6. The van der Waals surface area contributed by atoms with E-state index in [1.54, 1.807) is 0 Å². The number of rotatable bonds is 4. The summed E-state index contributed by atoms with van der Waals surface area (Å²) in [4.78, 5) is 15.3. The van der Waals surface area contributed by atoms with Crippen LogP contribution in [0.4, 0.5) is 5.69 Å². The molecule has 1 amide bonds. The summed E-state index contributed by atoms with van der Waals surface area (Å²) < 4.78 is 1.12. The molecule has 2 aromatic rings. The number of hydrogen-bond donors (Lipinski definition) is 1. The first-order valence-electron chi connectivity index (χ1n) is 7.05. The summed E-state index contributed by atoms with van der Waals surface area (Å²) >= 11 is 1.51. The molecule has 20 heavy (non-hydrogen) atoms. The van der Waals surface area contributed by atoms with Gasteiger partial charge in [-0.05, 0) is 32.8 Å². The van der Waals surface area contributed by atoms with E-state index in [2.05, 4.69) is 19.9 Å². The Morgan fingerprint density at radius 3 is 2.65 bits per heavy atom. The minimum atomic E-state index is 0.0555. The van der Waals surface area contributed by atoms with Crippen LogP contribution in [0.15, 0.2) is 18.2 Å². The number of nitrogens with two attached hydrogens (primary N) is 1. The summed E-state index contributed by atoms with van der Waals surface area (Å²) in [5.41, 5.74) is 8.00. The number of hydrogen-bond acceptors (Lipinski definition) is 3. The van der Waals surface area contributed by atoms with Crippen LogP contribution in [0, 0.1) is 6.92 Å².